The van der Waals surface area contributed by atoms with Gasteiger partial charge >= 0.3 is 0 Å². The molecule has 0 radical (unpaired) electrons. The molecular weight excluding hydrogens is 320 g/mol. The van der Waals surface area contributed by atoms with E-state index in [0.717, 1.165) is 0 Å². The fraction of sp³-hybridized carbons (Fsp3) is 0.417. The van der Waals surface area contributed by atoms with Crippen molar-refractivity contribution < 1.29 is 13.2 Å². The third-order valence-electron chi connectivity index (χ3n) is 3.18. The Balaban J connectivity index is 2.11. The van der Waals surface area contributed by atoms with Gasteiger partial charge in [-0.05, 0) is 18.2 Å². The van der Waals surface area contributed by atoms with Crippen molar-refractivity contribution in [2.24, 2.45) is 0 Å². The Morgan fingerprint density at radius 2 is 1.85 bits per heavy atom. The van der Waals surface area contributed by atoms with E-state index in [-0.39, 0.29) is 5.91 Å². The van der Waals surface area contributed by atoms with Crippen LogP contribution in [0, 0.1) is 0 Å². The minimum atomic E-state index is -3.20. The van der Waals surface area contributed by atoms with Crippen LogP contribution in [0.15, 0.2) is 23.1 Å². The SMILES string of the molecule is CS(=O)(=O)N1CCN(C(=O)c2cc(S)ccc2Cl)CC1. The number of hydrogen-bond donors (Lipinski definition) is 1. The van der Waals surface area contributed by atoms with Gasteiger partial charge in [0.1, 0.15) is 0 Å². The minimum absolute atomic E-state index is 0.195. The van der Waals surface area contributed by atoms with Gasteiger partial charge in [-0.3, -0.25) is 4.79 Å². The number of piperazine rings is 1. The number of sulfonamides is 1. The highest BCUT2D eigenvalue weighted by Crippen LogP contribution is 2.22. The van der Waals surface area contributed by atoms with Gasteiger partial charge in [-0.15, -0.1) is 12.6 Å². The van der Waals surface area contributed by atoms with Crippen molar-refractivity contribution in [2.75, 3.05) is 32.4 Å². The van der Waals surface area contributed by atoms with Crippen molar-refractivity contribution in [2.45, 2.75) is 4.90 Å². The first-order valence-corrected chi connectivity index (χ1v) is 8.69. The second kappa shape index (κ2) is 5.93. The van der Waals surface area contributed by atoms with E-state index in [1.165, 1.54) is 10.6 Å². The van der Waals surface area contributed by atoms with E-state index in [0.29, 0.717) is 41.7 Å². The molecule has 0 N–H and O–H groups in total. The number of nitrogens with zero attached hydrogens (tertiary/aromatic N) is 2. The van der Waals surface area contributed by atoms with E-state index in [1.807, 2.05) is 0 Å². The summed E-state index contributed by atoms with van der Waals surface area (Å²) in [6.45, 7) is 1.34. The highest BCUT2D eigenvalue weighted by molar-refractivity contribution is 7.88. The molecule has 20 heavy (non-hydrogen) atoms. The fourth-order valence-corrected chi connectivity index (χ4v) is 3.30. The van der Waals surface area contributed by atoms with Crippen molar-refractivity contribution in [3.05, 3.63) is 28.8 Å². The number of hydrogen-bond acceptors (Lipinski definition) is 4. The van der Waals surface area contributed by atoms with E-state index in [2.05, 4.69) is 12.6 Å². The highest BCUT2D eigenvalue weighted by Gasteiger charge is 2.27. The largest absolute Gasteiger partial charge is 0.336 e. The second-order valence-corrected chi connectivity index (χ2v) is 7.52. The minimum Gasteiger partial charge on any atom is -0.336 e. The average molecular weight is 335 g/mol. The lowest BCUT2D eigenvalue weighted by Crippen LogP contribution is -2.50. The molecular formula is C12H15ClN2O3S2. The fourth-order valence-electron chi connectivity index (χ4n) is 2.07. The van der Waals surface area contributed by atoms with Crippen molar-refractivity contribution in [3.63, 3.8) is 0 Å². The quantitative estimate of drug-likeness (QED) is 0.831. The first-order valence-electron chi connectivity index (χ1n) is 6.02. The van der Waals surface area contributed by atoms with Crippen LogP contribution in [-0.2, 0) is 10.0 Å². The summed E-state index contributed by atoms with van der Waals surface area (Å²) in [7, 11) is -3.20. The third-order valence-corrected chi connectivity index (χ3v) is 5.09. The van der Waals surface area contributed by atoms with Gasteiger partial charge < -0.3 is 4.90 Å². The van der Waals surface area contributed by atoms with Crippen molar-refractivity contribution in [1.29, 1.82) is 0 Å². The molecule has 0 bridgehead atoms. The number of thiol groups is 1. The lowest BCUT2D eigenvalue weighted by Gasteiger charge is -2.33. The highest BCUT2D eigenvalue weighted by atomic mass is 35.5. The van der Waals surface area contributed by atoms with Crippen LogP contribution in [0.2, 0.25) is 5.02 Å². The van der Waals surface area contributed by atoms with E-state index >= 15 is 0 Å². The maximum atomic E-state index is 12.4. The summed E-state index contributed by atoms with van der Waals surface area (Å²) in [5.41, 5.74) is 0.395. The van der Waals surface area contributed by atoms with Crippen LogP contribution < -0.4 is 0 Å². The van der Waals surface area contributed by atoms with Crippen LogP contribution in [0.25, 0.3) is 0 Å². The lowest BCUT2D eigenvalue weighted by molar-refractivity contribution is 0.0698. The number of rotatable bonds is 2. The topological polar surface area (TPSA) is 57.7 Å². The molecule has 1 aliphatic rings. The van der Waals surface area contributed by atoms with Crippen molar-refractivity contribution in [1.82, 2.24) is 9.21 Å². The predicted molar refractivity (Wildman–Crippen MR) is 81.0 cm³/mol. The summed E-state index contributed by atoms with van der Waals surface area (Å²) in [5.74, 6) is -0.195. The molecule has 1 amide bonds. The Hall–Kier alpha value is -0.760. The number of carbonyl (C=O) groups is 1. The van der Waals surface area contributed by atoms with E-state index in [4.69, 9.17) is 11.6 Å². The Morgan fingerprint density at radius 3 is 2.40 bits per heavy atom. The molecule has 1 heterocycles. The zero-order valence-electron chi connectivity index (χ0n) is 10.9. The summed E-state index contributed by atoms with van der Waals surface area (Å²) in [6, 6.07) is 4.96. The number of amides is 1. The Labute approximate surface area is 129 Å². The van der Waals surface area contributed by atoms with E-state index in [1.54, 1.807) is 23.1 Å². The Morgan fingerprint density at radius 1 is 1.25 bits per heavy atom. The second-order valence-electron chi connectivity index (χ2n) is 4.62. The maximum absolute atomic E-state index is 12.4. The number of benzene rings is 1. The molecule has 1 saturated heterocycles. The van der Waals surface area contributed by atoms with Crippen molar-refractivity contribution >= 4 is 40.2 Å². The molecule has 0 saturated carbocycles. The zero-order valence-corrected chi connectivity index (χ0v) is 13.4. The number of halogens is 1. The summed E-state index contributed by atoms with van der Waals surface area (Å²) in [4.78, 5) is 14.6. The first kappa shape index (κ1) is 15.6. The average Bonchev–Trinajstić information content (AvgIpc) is 2.40. The van der Waals surface area contributed by atoms with Gasteiger partial charge in [-0.2, -0.15) is 4.31 Å². The van der Waals surface area contributed by atoms with Gasteiger partial charge in [-0.25, -0.2) is 8.42 Å². The zero-order chi connectivity index (χ0) is 14.9. The molecule has 1 aromatic carbocycles. The van der Waals surface area contributed by atoms with Gasteiger partial charge in [0.15, 0.2) is 0 Å². The maximum Gasteiger partial charge on any atom is 0.255 e. The summed E-state index contributed by atoms with van der Waals surface area (Å²) in [5, 5.41) is 0.373. The van der Waals surface area contributed by atoms with Gasteiger partial charge in [0.25, 0.3) is 5.91 Å². The predicted octanol–water partition coefficient (Wildman–Crippen LogP) is 1.35. The molecule has 2 rings (SSSR count). The van der Waals surface area contributed by atoms with Crippen LogP contribution in [0.3, 0.4) is 0 Å². The first-order chi connectivity index (χ1) is 9.29. The summed E-state index contributed by atoms with van der Waals surface area (Å²) in [6.07, 6.45) is 1.17. The molecule has 1 aromatic rings. The molecule has 0 unspecified atom stereocenters. The number of carbonyl (C=O) groups excluding carboxylic acids is 1. The van der Waals surface area contributed by atoms with Gasteiger partial charge in [-0.1, -0.05) is 11.6 Å². The molecule has 0 aliphatic carbocycles. The van der Waals surface area contributed by atoms with Crippen LogP contribution in [0.5, 0.6) is 0 Å². The molecule has 0 atom stereocenters. The van der Waals surface area contributed by atoms with Gasteiger partial charge in [0.2, 0.25) is 10.0 Å². The Kier molecular flexibility index (Phi) is 4.63. The van der Waals surface area contributed by atoms with Crippen LogP contribution >= 0.6 is 24.2 Å². The van der Waals surface area contributed by atoms with Crippen molar-refractivity contribution in [3.8, 4) is 0 Å². The summed E-state index contributed by atoms with van der Waals surface area (Å²) < 4.78 is 24.2. The van der Waals surface area contributed by atoms with Crippen LogP contribution in [-0.4, -0.2) is 56.0 Å². The molecule has 0 spiro atoms. The van der Waals surface area contributed by atoms with E-state index in [9.17, 15) is 13.2 Å². The normalized spacial score (nSPS) is 17.2. The third kappa shape index (κ3) is 3.46. The molecule has 5 nitrogen and oxygen atoms in total. The monoisotopic (exact) mass is 334 g/mol. The molecule has 8 heteroatoms. The lowest BCUT2D eigenvalue weighted by atomic mass is 10.2. The standard InChI is InChI=1S/C12H15ClN2O3S2/c1-20(17,18)15-6-4-14(5-7-15)12(16)10-8-9(19)2-3-11(10)13/h2-3,8,19H,4-7H2,1H3. The molecule has 0 aromatic heterocycles. The molecule has 1 fully saturated rings. The van der Waals surface area contributed by atoms with E-state index < -0.39 is 10.0 Å². The van der Waals surface area contributed by atoms with Crippen LogP contribution in [0.4, 0.5) is 0 Å². The van der Waals surface area contributed by atoms with Gasteiger partial charge in [0.05, 0.1) is 16.8 Å². The van der Waals surface area contributed by atoms with Crippen LogP contribution in [0.1, 0.15) is 10.4 Å². The van der Waals surface area contributed by atoms with Gasteiger partial charge in [0, 0.05) is 31.1 Å². The molecule has 110 valence electrons. The summed E-state index contributed by atoms with van der Waals surface area (Å²) >= 11 is 10.2. The smallest absolute Gasteiger partial charge is 0.255 e. The Bertz CT molecular complexity index is 626. The molecule has 1 aliphatic heterocycles.